The van der Waals surface area contributed by atoms with Gasteiger partial charge in [0.15, 0.2) is 0 Å². The average molecular weight is 369 g/mol. The van der Waals surface area contributed by atoms with Crippen LogP contribution in [0.2, 0.25) is 5.02 Å². The Bertz CT molecular complexity index is 686. The summed E-state index contributed by atoms with van der Waals surface area (Å²) in [5.41, 5.74) is 0.998. The number of hydrogen-bond donors (Lipinski definition) is 1. The lowest BCUT2D eigenvalue weighted by Crippen LogP contribution is -2.10. The number of amides is 1. The molecule has 0 saturated carbocycles. The first-order chi connectivity index (χ1) is 9.95. The lowest BCUT2D eigenvalue weighted by atomic mass is 10.2. The van der Waals surface area contributed by atoms with E-state index in [0.717, 1.165) is 0 Å². The molecule has 0 atom stereocenters. The molecule has 0 aromatic heterocycles. The minimum absolute atomic E-state index is 0.171. The van der Waals surface area contributed by atoms with Gasteiger partial charge in [0.25, 0.3) is 0 Å². The third kappa shape index (κ3) is 4.31. The van der Waals surface area contributed by atoms with Crippen molar-refractivity contribution in [3.63, 3.8) is 0 Å². The molecule has 6 heteroatoms. The van der Waals surface area contributed by atoms with Gasteiger partial charge in [0, 0.05) is 17.6 Å². The molecule has 0 radical (unpaired) electrons. The zero-order valence-electron chi connectivity index (χ0n) is 11.0. The summed E-state index contributed by atoms with van der Waals surface area (Å²) in [5, 5.41) is 3.17. The third-order valence-corrected chi connectivity index (χ3v) is 3.39. The topological polar surface area (TPSA) is 55.4 Å². The van der Waals surface area contributed by atoms with Crippen molar-refractivity contribution in [1.29, 1.82) is 0 Å². The molecule has 0 spiro atoms. The van der Waals surface area contributed by atoms with Crippen LogP contribution in [0, 0.1) is 0 Å². The largest absolute Gasteiger partial charge is 0.422 e. The van der Waals surface area contributed by atoms with Gasteiger partial charge in [0.05, 0.1) is 10.0 Å². The third-order valence-electron chi connectivity index (χ3n) is 2.54. The first-order valence-corrected chi connectivity index (χ1v) is 7.17. The number of rotatable bonds is 3. The van der Waals surface area contributed by atoms with Crippen LogP contribution in [-0.2, 0) is 4.79 Å². The number of carbonyl (C=O) groups is 2. The van der Waals surface area contributed by atoms with Gasteiger partial charge in [-0.2, -0.15) is 0 Å². The van der Waals surface area contributed by atoms with E-state index in [1.54, 1.807) is 42.5 Å². The van der Waals surface area contributed by atoms with Gasteiger partial charge < -0.3 is 10.1 Å². The van der Waals surface area contributed by atoms with Crippen LogP contribution < -0.4 is 10.1 Å². The van der Waals surface area contributed by atoms with Gasteiger partial charge in [0.1, 0.15) is 5.75 Å². The second-order valence-electron chi connectivity index (χ2n) is 4.22. The number of hydrogen-bond acceptors (Lipinski definition) is 3. The fourth-order valence-corrected chi connectivity index (χ4v) is 2.37. The Kier molecular flexibility index (Phi) is 4.98. The van der Waals surface area contributed by atoms with E-state index < -0.39 is 5.97 Å². The van der Waals surface area contributed by atoms with Crippen molar-refractivity contribution < 1.29 is 14.3 Å². The minimum atomic E-state index is -0.493. The summed E-state index contributed by atoms with van der Waals surface area (Å²) >= 11 is 9.10. The first-order valence-electron chi connectivity index (χ1n) is 6.00. The summed E-state index contributed by atoms with van der Waals surface area (Å²) in [4.78, 5) is 22.9. The molecular weight excluding hydrogens is 358 g/mol. The smallest absolute Gasteiger partial charge is 0.343 e. The molecule has 0 aliphatic carbocycles. The Morgan fingerprint density at radius 3 is 2.38 bits per heavy atom. The molecule has 1 amide bonds. The zero-order chi connectivity index (χ0) is 15.4. The molecule has 0 aliphatic rings. The molecule has 21 heavy (non-hydrogen) atoms. The van der Waals surface area contributed by atoms with E-state index >= 15 is 0 Å². The Hall–Kier alpha value is -1.85. The highest BCUT2D eigenvalue weighted by Gasteiger charge is 2.11. The average Bonchev–Trinajstić information content (AvgIpc) is 2.42. The van der Waals surface area contributed by atoms with Gasteiger partial charge >= 0.3 is 5.97 Å². The standard InChI is InChI=1S/C15H11BrClNO3/c1-9(19)18-12-5-2-10(3-6-12)15(20)21-14-7-4-11(17)8-13(14)16/h2-8H,1H3,(H,18,19). The summed E-state index contributed by atoms with van der Waals surface area (Å²) in [6.45, 7) is 1.42. The highest BCUT2D eigenvalue weighted by molar-refractivity contribution is 9.10. The number of carbonyl (C=O) groups excluding carboxylic acids is 2. The van der Waals surface area contributed by atoms with E-state index in [0.29, 0.717) is 26.5 Å². The fourth-order valence-electron chi connectivity index (χ4n) is 1.61. The second-order valence-corrected chi connectivity index (χ2v) is 5.51. The zero-order valence-corrected chi connectivity index (χ0v) is 13.4. The number of benzene rings is 2. The summed E-state index contributed by atoms with van der Waals surface area (Å²) in [6, 6.07) is 11.3. The van der Waals surface area contributed by atoms with Gasteiger partial charge in [-0.25, -0.2) is 4.79 Å². The Morgan fingerprint density at radius 1 is 1.14 bits per heavy atom. The summed E-state index contributed by atoms with van der Waals surface area (Å²) in [7, 11) is 0. The van der Waals surface area contributed by atoms with Crippen LogP contribution in [0.15, 0.2) is 46.9 Å². The van der Waals surface area contributed by atoms with Crippen molar-refractivity contribution in [3.05, 3.63) is 57.5 Å². The normalized spacial score (nSPS) is 10.0. The van der Waals surface area contributed by atoms with E-state index in [1.165, 1.54) is 6.92 Å². The Morgan fingerprint density at radius 2 is 1.81 bits per heavy atom. The van der Waals surface area contributed by atoms with E-state index in [1.807, 2.05) is 0 Å². The SMILES string of the molecule is CC(=O)Nc1ccc(C(=O)Oc2ccc(Cl)cc2Br)cc1. The maximum Gasteiger partial charge on any atom is 0.343 e. The van der Waals surface area contributed by atoms with Crippen molar-refractivity contribution in [3.8, 4) is 5.75 Å². The number of ether oxygens (including phenoxy) is 1. The van der Waals surface area contributed by atoms with Crippen LogP contribution in [0.4, 0.5) is 5.69 Å². The van der Waals surface area contributed by atoms with Gasteiger partial charge in [-0.15, -0.1) is 0 Å². The predicted octanol–water partition coefficient (Wildman–Crippen LogP) is 4.28. The van der Waals surface area contributed by atoms with Crippen LogP contribution in [-0.4, -0.2) is 11.9 Å². The molecule has 1 N–H and O–H groups in total. The van der Waals surface area contributed by atoms with Crippen LogP contribution in [0.3, 0.4) is 0 Å². The molecule has 2 aromatic rings. The lowest BCUT2D eigenvalue weighted by Gasteiger charge is -2.07. The van der Waals surface area contributed by atoms with Gasteiger partial charge in [-0.3, -0.25) is 4.79 Å². The van der Waals surface area contributed by atoms with Crippen molar-refractivity contribution >= 4 is 45.1 Å². The Labute approximate surface area is 135 Å². The van der Waals surface area contributed by atoms with Gasteiger partial charge in [-0.05, 0) is 58.4 Å². The molecule has 0 fully saturated rings. The molecule has 0 saturated heterocycles. The Balaban J connectivity index is 2.11. The quantitative estimate of drug-likeness (QED) is 0.650. The molecular formula is C15H11BrClNO3. The summed E-state index contributed by atoms with van der Waals surface area (Å²) in [6.07, 6.45) is 0. The van der Waals surface area contributed by atoms with Crippen molar-refractivity contribution in [2.75, 3.05) is 5.32 Å². The number of nitrogens with one attached hydrogen (secondary N) is 1. The molecule has 0 bridgehead atoms. The summed E-state index contributed by atoms with van der Waals surface area (Å²) in [5.74, 6) is -0.279. The van der Waals surface area contributed by atoms with E-state index in [-0.39, 0.29) is 5.91 Å². The van der Waals surface area contributed by atoms with Gasteiger partial charge in [0.2, 0.25) is 5.91 Å². The molecule has 108 valence electrons. The number of halogens is 2. The van der Waals surface area contributed by atoms with Crippen molar-refractivity contribution in [1.82, 2.24) is 0 Å². The van der Waals surface area contributed by atoms with Crippen molar-refractivity contribution in [2.24, 2.45) is 0 Å². The van der Waals surface area contributed by atoms with E-state index in [2.05, 4.69) is 21.2 Å². The highest BCUT2D eigenvalue weighted by atomic mass is 79.9. The maximum absolute atomic E-state index is 12.0. The van der Waals surface area contributed by atoms with E-state index in [9.17, 15) is 9.59 Å². The molecule has 4 nitrogen and oxygen atoms in total. The molecule has 0 heterocycles. The maximum atomic E-state index is 12.0. The van der Waals surface area contributed by atoms with Gasteiger partial charge in [-0.1, -0.05) is 11.6 Å². The van der Waals surface area contributed by atoms with E-state index in [4.69, 9.17) is 16.3 Å². The van der Waals surface area contributed by atoms with Crippen LogP contribution in [0.25, 0.3) is 0 Å². The van der Waals surface area contributed by atoms with Crippen LogP contribution in [0.1, 0.15) is 17.3 Å². The first kappa shape index (κ1) is 15.5. The molecule has 0 unspecified atom stereocenters. The molecule has 2 rings (SSSR count). The number of esters is 1. The fraction of sp³-hybridized carbons (Fsp3) is 0.0667. The predicted molar refractivity (Wildman–Crippen MR) is 84.9 cm³/mol. The number of anilines is 1. The lowest BCUT2D eigenvalue weighted by molar-refractivity contribution is -0.114. The highest BCUT2D eigenvalue weighted by Crippen LogP contribution is 2.28. The van der Waals surface area contributed by atoms with Crippen molar-refractivity contribution in [2.45, 2.75) is 6.92 Å². The molecule has 2 aromatic carbocycles. The second kappa shape index (κ2) is 6.74. The minimum Gasteiger partial charge on any atom is -0.422 e. The monoisotopic (exact) mass is 367 g/mol. The van der Waals surface area contributed by atoms with Crippen LogP contribution in [0.5, 0.6) is 5.75 Å². The van der Waals surface area contributed by atoms with Crippen LogP contribution >= 0.6 is 27.5 Å². The molecule has 0 aliphatic heterocycles. The summed E-state index contributed by atoms with van der Waals surface area (Å²) < 4.78 is 5.87.